The number of benzene rings is 3. The molecule has 6 rings (SSSR count). The number of nitrogens with zero attached hydrogens (tertiary/aromatic N) is 4. The largest absolute Gasteiger partial charge is 0.465 e. The van der Waals surface area contributed by atoms with Crippen LogP contribution in [-0.2, 0) is 20.9 Å². The third-order valence-electron chi connectivity index (χ3n) is 10.2. The Morgan fingerprint density at radius 3 is 1.84 bits per heavy atom. The molecule has 1 aliphatic heterocycles. The van der Waals surface area contributed by atoms with Gasteiger partial charge in [0.05, 0.1) is 54.3 Å². The zero-order valence-corrected chi connectivity index (χ0v) is 32.3. The molecule has 2 atom stereocenters. The Morgan fingerprint density at radius 2 is 1.29 bits per heavy atom. The van der Waals surface area contributed by atoms with Crippen molar-refractivity contribution in [3.05, 3.63) is 124 Å². The number of carbonyl (C=O) groups is 3. The maximum absolute atomic E-state index is 13.5. The van der Waals surface area contributed by atoms with Crippen LogP contribution < -0.4 is 21.4 Å². The third kappa shape index (κ3) is 10.8. The number of amides is 2. The highest BCUT2D eigenvalue weighted by Gasteiger charge is 2.20. The van der Waals surface area contributed by atoms with E-state index in [0.29, 0.717) is 75.6 Å². The van der Waals surface area contributed by atoms with Gasteiger partial charge in [0.1, 0.15) is 5.58 Å². The van der Waals surface area contributed by atoms with Crippen LogP contribution in [0.4, 0.5) is 0 Å². The lowest BCUT2D eigenvalue weighted by Crippen LogP contribution is -2.48. The molecule has 2 amide bonds. The van der Waals surface area contributed by atoms with Crippen LogP contribution in [0.15, 0.2) is 100 Å². The summed E-state index contributed by atoms with van der Waals surface area (Å²) < 4.78 is 10.9. The molecular weight excluding hydrogens is 711 g/mol. The first kappa shape index (κ1) is 40.2. The molecule has 3 N–H and O–H groups in total. The second-order valence-corrected chi connectivity index (χ2v) is 14.3. The molecule has 56 heavy (non-hydrogen) atoms. The van der Waals surface area contributed by atoms with E-state index in [-0.39, 0.29) is 59.1 Å². The second-order valence-electron chi connectivity index (χ2n) is 14.3. The van der Waals surface area contributed by atoms with Crippen molar-refractivity contribution >= 4 is 39.9 Å². The van der Waals surface area contributed by atoms with Gasteiger partial charge in [0, 0.05) is 58.9 Å². The molecule has 2 aromatic heterocycles. The number of carbonyl (C=O) groups excluding carboxylic acids is 3. The van der Waals surface area contributed by atoms with Gasteiger partial charge >= 0.3 is 5.97 Å². The summed E-state index contributed by atoms with van der Waals surface area (Å²) in [5, 5.41) is 10.4. The number of ether oxygens (including phenoxy) is 1. The minimum Gasteiger partial charge on any atom is -0.465 e. The van der Waals surface area contributed by atoms with Gasteiger partial charge in [-0.2, -0.15) is 0 Å². The Bertz CT molecular complexity index is 2090. The van der Waals surface area contributed by atoms with Crippen molar-refractivity contribution in [3.8, 4) is 0 Å². The van der Waals surface area contributed by atoms with Crippen molar-refractivity contribution in [1.82, 2.24) is 35.6 Å². The summed E-state index contributed by atoms with van der Waals surface area (Å²) in [6.45, 7) is 10.2. The highest BCUT2D eigenvalue weighted by atomic mass is 16.5. The van der Waals surface area contributed by atoms with E-state index >= 15 is 0 Å². The van der Waals surface area contributed by atoms with E-state index in [1.807, 2.05) is 80.6 Å². The first-order valence-corrected chi connectivity index (χ1v) is 19.2. The molecule has 0 saturated carbocycles. The predicted molar refractivity (Wildman–Crippen MR) is 216 cm³/mol. The molecule has 13 nitrogen and oxygen atoms in total. The highest BCUT2D eigenvalue weighted by molar-refractivity contribution is 5.96. The monoisotopic (exact) mass is 761 g/mol. The summed E-state index contributed by atoms with van der Waals surface area (Å²) in [6, 6.07) is 27.8. The molecule has 0 aliphatic carbocycles. The number of esters is 1. The van der Waals surface area contributed by atoms with Crippen LogP contribution in [0.3, 0.4) is 0 Å². The van der Waals surface area contributed by atoms with Crippen LogP contribution in [-0.4, -0.2) is 110 Å². The Morgan fingerprint density at radius 1 is 0.732 bits per heavy atom. The fourth-order valence-electron chi connectivity index (χ4n) is 6.94. The maximum atomic E-state index is 13.5. The van der Waals surface area contributed by atoms with E-state index in [1.165, 1.54) is 13.2 Å². The average molecular weight is 762 g/mol. The van der Waals surface area contributed by atoms with Gasteiger partial charge in [-0.3, -0.25) is 29.1 Å². The van der Waals surface area contributed by atoms with Gasteiger partial charge in [-0.25, -0.2) is 9.78 Å². The van der Waals surface area contributed by atoms with Crippen LogP contribution >= 0.6 is 0 Å². The van der Waals surface area contributed by atoms with Crippen LogP contribution in [0.25, 0.3) is 22.1 Å². The third-order valence-corrected chi connectivity index (χ3v) is 10.2. The molecule has 294 valence electrons. The highest BCUT2D eigenvalue weighted by Crippen LogP contribution is 2.20. The maximum Gasteiger partial charge on any atom is 0.337 e. The van der Waals surface area contributed by atoms with Gasteiger partial charge in [-0.05, 0) is 55.3 Å². The number of hydrogen-bond acceptors (Lipinski definition) is 11. The molecule has 13 heteroatoms. The number of hydrogen-bond donors (Lipinski definition) is 3. The van der Waals surface area contributed by atoms with Crippen molar-refractivity contribution in [1.29, 1.82) is 0 Å². The number of methoxy groups -OCH3 is 1. The van der Waals surface area contributed by atoms with Crippen LogP contribution in [0.2, 0.25) is 0 Å². The number of rotatable bonds is 11. The summed E-state index contributed by atoms with van der Waals surface area (Å²) in [6.07, 6.45) is 0. The van der Waals surface area contributed by atoms with Gasteiger partial charge in [0.2, 0.25) is 23.0 Å². The molecule has 0 radical (unpaired) electrons. The fraction of sp³-hybridized carbons (Fsp3) is 0.372. The number of fused-ring (bicyclic) bond motifs is 2. The zero-order valence-electron chi connectivity index (χ0n) is 32.3. The summed E-state index contributed by atoms with van der Waals surface area (Å²) in [5.74, 6) is -0.623. The molecule has 1 aliphatic rings. The van der Waals surface area contributed by atoms with E-state index in [1.54, 1.807) is 18.2 Å². The molecule has 1 fully saturated rings. The lowest BCUT2D eigenvalue weighted by atomic mass is 10.1. The van der Waals surface area contributed by atoms with Crippen molar-refractivity contribution in [2.45, 2.75) is 32.5 Å². The van der Waals surface area contributed by atoms with Gasteiger partial charge in [-0.1, -0.05) is 60.7 Å². The molecule has 0 spiro atoms. The fourth-order valence-corrected chi connectivity index (χ4v) is 6.94. The Balaban J connectivity index is 1.18. The van der Waals surface area contributed by atoms with E-state index in [2.05, 4.69) is 30.7 Å². The SMILES string of the molecule is COC(=O)c1ccc2oc3nc(CN4CCN(CC(=O)N[C@@H](C)c5ccccc5)CCNCCN(CC(=O)N[C@@H](C)c5ccccc5)CC4)ccc3c(=O)c2c1. The Labute approximate surface area is 327 Å². The van der Waals surface area contributed by atoms with Gasteiger partial charge in [0.15, 0.2) is 0 Å². The first-order chi connectivity index (χ1) is 27.2. The van der Waals surface area contributed by atoms with Gasteiger partial charge in [0.25, 0.3) is 0 Å². The van der Waals surface area contributed by atoms with Crippen molar-refractivity contribution in [2.24, 2.45) is 0 Å². The smallest absolute Gasteiger partial charge is 0.337 e. The average Bonchev–Trinajstić information content (AvgIpc) is 3.20. The summed E-state index contributed by atoms with van der Waals surface area (Å²) >= 11 is 0. The molecule has 1 saturated heterocycles. The number of nitrogens with one attached hydrogen (secondary N) is 3. The van der Waals surface area contributed by atoms with Crippen LogP contribution in [0, 0.1) is 0 Å². The van der Waals surface area contributed by atoms with E-state index < -0.39 is 5.97 Å². The summed E-state index contributed by atoms with van der Waals surface area (Å²) in [5.41, 5.74) is 3.32. The standard InChI is InChI=1S/C43H51N7O6/c1-30(32-10-6-4-7-11-32)45-39(51)28-48-20-18-44-19-21-49(29-40(52)46-31(2)33-12-8-5-9-13-33)23-25-50(24-22-48)27-35-15-16-36-41(53)37-26-34(43(54)55-3)14-17-38(37)56-42(36)47-35/h4-17,26,30-31,44H,18-25,27-29H2,1-3H3,(H,45,51)(H,46,52)/t30-,31-/m0/s1. The number of pyridine rings is 1. The summed E-state index contributed by atoms with van der Waals surface area (Å²) in [4.78, 5) is 63.5. The van der Waals surface area contributed by atoms with E-state index in [0.717, 1.165) is 11.1 Å². The van der Waals surface area contributed by atoms with Crippen molar-refractivity contribution < 1.29 is 23.5 Å². The Kier molecular flexibility index (Phi) is 13.9. The molecule has 0 bridgehead atoms. The molecule has 0 unspecified atom stereocenters. The second kappa shape index (κ2) is 19.4. The minimum absolute atomic E-state index is 0.0425. The zero-order chi connectivity index (χ0) is 39.4. The van der Waals surface area contributed by atoms with E-state index in [9.17, 15) is 19.2 Å². The Hall–Kier alpha value is -5.47. The van der Waals surface area contributed by atoms with E-state index in [4.69, 9.17) is 14.1 Å². The van der Waals surface area contributed by atoms with Crippen molar-refractivity contribution in [3.63, 3.8) is 0 Å². The molecule has 3 heterocycles. The van der Waals surface area contributed by atoms with Crippen LogP contribution in [0.5, 0.6) is 0 Å². The predicted octanol–water partition coefficient (Wildman–Crippen LogP) is 3.89. The summed E-state index contributed by atoms with van der Waals surface area (Å²) in [7, 11) is 1.29. The van der Waals surface area contributed by atoms with Gasteiger partial charge < -0.3 is 25.1 Å². The topological polar surface area (TPSA) is 149 Å². The van der Waals surface area contributed by atoms with Gasteiger partial charge in [-0.15, -0.1) is 0 Å². The molecule has 5 aromatic rings. The lowest BCUT2D eigenvalue weighted by Gasteiger charge is -2.31. The minimum atomic E-state index is -0.538. The van der Waals surface area contributed by atoms with Crippen LogP contribution in [0.1, 0.15) is 53.1 Å². The van der Waals surface area contributed by atoms with Crippen molar-refractivity contribution in [2.75, 3.05) is 72.6 Å². The molecular formula is C43H51N7O6. The number of aromatic nitrogens is 1. The quantitative estimate of drug-likeness (QED) is 0.133. The normalized spacial score (nSPS) is 16.3. The lowest BCUT2D eigenvalue weighted by molar-refractivity contribution is -0.123. The first-order valence-electron chi connectivity index (χ1n) is 19.2. The molecule has 3 aromatic carbocycles.